The van der Waals surface area contributed by atoms with Gasteiger partial charge in [0.25, 0.3) is 0 Å². The molecule has 1 unspecified atom stereocenters. The number of H-pyrrole nitrogens is 1. The molecule has 4 heteroatoms. The number of hydrogen-bond donors (Lipinski definition) is 2. The fourth-order valence-electron chi connectivity index (χ4n) is 2.48. The van der Waals surface area contributed by atoms with E-state index in [1.165, 1.54) is 11.1 Å². The predicted octanol–water partition coefficient (Wildman–Crippen LogP) is 1.92. The van der Waals surface area contributed by atoms with Gasteiger partial charge in [-0.05, 0) is 18.9 Å². The number of aromatic amines is 1. The molecule has 94 valence electrons. The number of rotatable bonds is 2. The predicted molar refractivity (Wildman–Crippen MR) is 73.6 cm³/mol. The second kappa shape index (κ2) is 4.46. The molecule has 0 amide bonds. The number of benzene rings is 1. The summed E-state index contributed by atoms with van der Waals surface area (Å²) in [5.41, 5.74) is 9.46. The molecule has 1 fully saturated rings. The SMILES string of the molecule is Cc1ccccc1-c1cc(N2CCC(N)C2)n[nH]1. The zero-order valence-electron chi connectivity index (χ0n) is 10.6. The van der Waals surface area contributed by atoms with Crippen LogP contribution in [0.5, 0.6) is 0 Å². The first-order chi connectivity index (χ1) is 8.74. The number of anilines is 1. The van der Waals surface area contributed by atoms with Gasteiger partial charge in [0.15, 0.2) is 5.82 Å². The Kier molecular flexibility index (Phi) is 2.80. The van der Waals surface area contributed by atoms with Gasteiger partial charge in [-0.1, -0.05) is 24.3 Å². The van der Waals surface area contributed by atoms with E-state index in [4.69, 9.17) is 5.73 Å². The van der Waals surface area contributed by atoms with Crippen molar-refractivity contribution in [2.45, 2.75) is 19.4 Å². The highest BCUT2D eigenvalue weighted by Gasteiger charge is 2.21. The summed E-state index contributed by atoms with van der Waals surface area (Å²) in [6.07, 6.45) is 1.05. The second-order valence-electron chi connectivity index (χ2n) is 4.95. The van der Waals surface area contributed by atoms with Gasteiger partial charge < -0.3 is 10.6 Å². The van der Waals surface area contributed by atoms with Crippen LogP contribution in [0, 0.1) is 6.92 Å². The van der Waals surface area contributed by atoms with Crippen molar-refractivity contribution in [2.75, 3.05) is 18.0 Å². The van der Waals surface area contributed by atoms with Gasteiger partial charge in [-0.15, -0.1) is 0 Å². The molecule has 2 aromatic rings. The van der Waals surface area contributed by atoms with E-state index in [1.807, 2.05) is 0 Å². The monoisotopic (exact) mass is 242 g/mol. The van der Waals surface area contributed by atoms with E-state index in [0.717, 1.165) is 31.0 Å². The molecule has 3 rings (SSSR count). The van der Waals surface area contributed by atoms with Crippen molar-refractivity contribution in [1.82, 2.24) is 10.2 Å². The van der Waals surface area contributed by atoms with Gasteiger partial charge >= 0.3 is 0 Å². The van der Waals surface area contributed by atoms with Gasteiger partial charge in [-0.3, -0.25) is 5.10 Å². The van der Waals surface area contributed by atoms with Gasteiger partial charge in [0.1, 0.15) is 0 Å². The van der Waals surface area contributed by atoms with E-state index in [0.29, 0.717) is 0 Å². The molecule has 0 radical (unpaired) electrons. The van der Waals surface area contributed by atoms with Crippen molar-refractivity contribution in [3.8, 4) is 11.3 Å². The van der Waals surface area contributed by atoms with Crippen LogP contribution in [-0.2, 0) is 0 Å². The number of aromatic nitrogens is 2. The molecule has 0 saturated carbocycles. The molecule has 0 bridgehead atoms. The molecule has 1 atom stereocenters. The number of nitrogens with zero attached hydrogens (tertiary/aromatic N) is 2. The third kappa shape index (κ3) is 1.99. The Morgan fingerprint density at radius 1 is 1.39 bits per heavy atom. The molecule has 1 aliphatic rings. The molecule has 1 aromatic heterocycles. The normalized spacial score (nSPS) is 19.4. The highest BCUT2D eigenvalue weighted by atomic mass is 15.3. The minimum Gasteiger partial charge on any atom is -0.354 e. The number of aryl methyl sites for hydroxylation is 1. The Morgan fingerprint density at radius 3 is 2.94 bits per heavy atom. The van der Waals surface area contributed by atoms with Crippen LogP contribution in [0.4, 0.5) is 5.82 Å². The molecular weight excluding hydrogens is 224 g/mol. The van der Waals surface area contributed by atoms with Crippen LogP contribution in [0.15, 0.2) is 30.3 Å². The highest BCUT2D eigenvalue weighted by Crippen LogP contribution is 2.26. The minimum absolute atomic E-state index is 0.281. The lowest BCUT2D eigenvalue weighted by Gasteiger charge is -2.13. The topological polar surface area (TPSA) is 57.9 Å². The van der Waals surface area contributed by atoms with Crippen LogP contribution in [-0.4, -0.2) is 29.3 Å². The van der Waals surface area contributed by atoms with Crippen molar-refractivity contribution in [1.29, 1.82) is 0 Å². The van der Waals surface area contributed by atoms with Crippen molar-refractivity contribution in [2.24, 2.45) is 5.73 Å². The average Bonchev–Trinajstić information content (AvgIpc) is 2.98. The third-order valence-corrected chi connectivity index (χ3v) is 3.55. The van der Waals surface area contributed by atoms with Crippen LogP contribution in [0.1, 0.15) is 12.0 Å². The van der Waals surface area contributed by atoms with Crippen LogP contribution in [0.25, 0.3) is 11.3 Å². The summed E-state index contributed by atoms with van der Waals surface area (Å²) < 4.78 is 0. The first-order valence-electron chi connectivity index (χ1n) is 6.36. The quantitative estimate of drug-likeness (QED) is 0.846. The van der Waals surface area contributed by atoms with Gasteiger partial charge in [0, 0.05) is 30.8 Å². The first kappa shape index (κ1) is 11.3. The number of nitrogens with one attached hydrogen (secondary N) is 1. The maximum absolute atomic E-state index is 5.92. The highest BCUT2D eigenvalue weighted by molar-refractivity contribution is 5.66. The average molecular weight is 242 g/mol. The van der Waals surface area contributed by atoms with E-state index >= 15 is 0 Å². The maximum Gasteiger partial charge on any atom is 0.151 e. The zero-order chi connectivity index (χ0) is 12.5. The van der Waals surface area contributed by atoms with Crippen molar-refractivity contribution in [3.63, 3.8) is 0 Å². The molecule has 18 heavy (non-hydrogen) atoms. The minimum atomic E-state index is 0.281. The van der Waals surface area contributed by atoms with Gasteiger partial charge in [-0.25, -0.2) is 0 Å². The van der Waals surface area contributed by atoms with E-state index in [1.54, 1.807) is 0 Å². The standard InChI is InChI=1S/C14H18N4/c1-10-4-2-3-5-12(10)13-8-14(17-16-13)18-7-6-11(15)9-18/h2-5,8,11H,6-7,9,15H2,1H3,(H,16,17). The third-order valence-electron chi connectivity index (χ3n) is 3.55. The Labute approximate surface area is 107 Å². The lowest BCUT2D eigenvalue weighted by Crippen LogP contribution is -2.26. The van der Waals surface area contributed by atoms with Crippen LogP contribution >= 0.6 is 0 Å². The summed E-state index contributed by atoms with van der Waals surface area (Å²) in [5, 5.41) is 7.52. The van der Waals surface area contributed by atoms with Crippen LogP contribution in [0.2, 0.25) is 0 Å². The summed E-state index contributed by atoms with van der Waals surface area (Å²) in [5.74, 6) is 1.00. The summed E-state index contributed by atoms with van der Waals surface area (Å²) in [6, 6.07) is 10.7. The van der Waals surface area contributed by atoms with E-state index in [-0.39, 0.29) is 6.04 Å². The Hall–Kier alpha value is -1.81. The van der Waals surface area contributed by atoms with Gasteiger partial charge in [0.05, 0.1) is 5.69 Å². The zero-order valence-corrected chi connectivity index (χ0v) is 10.6. The lowest BCUT2D eigenvalue weighted by atomic mass is 10.1. The van der Waals surface area contributed by atoms with Crippen molar-refractivity contribution in [3.05, 3.63) is 35.9 Å². The molecule has 0 spiro atoms. The molecular formula is C14H18N4. The molecule has 2 heterocycles. The second-order valence-corrected chi connectivity index (χ2v) is 4.95. The van der Waals surface area contributed by atoms with Gasteiger partial charge in [0.2, 0.25) is 0 Å². The summed E-state index contributed by atoms with van der Waals surface area (Å²) in [6.45, 7) is 4.01. The summed E-state index contributed by atoms with van der Waals surface area (Å²) >= 11 is 0. The largest absolute Gasteiger partial charge is 0.354 e. The maximum atomic E-state index is 5.92. The van der Waals surface area contributed by atoms with Crippen molar-refractivity contribution < 1.29 is 0 Å². The summed E-state index contributed by atoms with van der Waals surface area (Å²) in [4.78, 5) is 2.24. The Bertz CT molecular complexity index is 546. The van der Waals surface area contributed by atoms with E-state index in [9.17, 15) is 0 Å². The van der Waals surface area contributed by atoms with E-state index in [2.05, 4.69) is 52.4 Å². The molecule has 0 aliphatic carbocycles. The number of nitrogens with two attached hydrogens (primary N) is 1. The van der Waals surface area contributed by atoms with Gasteiger partial charge in [-0.2, -0.15) is 5.10 Å². The first-order valence-corrected chi connectivity index (χ1v) is 6.36. The molecule has 4 nitrogen and oxygen atoms in total. The smallest absolute Gasteiger partial charge is 0.151 e. The van der Waals surface area contributed by atoms with E-state index < -0.39 is 0 Å². The van der Waals surface area contributed by atoms with Crippen molar-refractivity contribution >= 4 is 5.82 Å². The fourth-order valence-corrected chi connectivity index (χ4v) is 2.48. The van der Waals surface area contributed by atoms with Crippen LogP contribution < -0.4 is 10.6 Å². The number of hydrogen-bond acceptors (Lipinski definition) is 3. The molecule has 3 N–H and O–H groups in total. The summed E-state index contributed by atoms with van der Waals surface area (Å²) in [7, 11) is 0. The Morgan fingerprint density at radius 2 is 2.22 bits per heavy atom. The fraction of sp³-hybridized carbons (Fsp3) is 0.357. The molecule has 1 aliphatic heterocycles. The van der Waals surface area contributed by atoms with Crippen LogP contribution in [0.3, 0.4) is 0 Å². The Balaban J connectivity index is 1.88. The molecule has 1 aromatic carbocycles. The molecule has 1 saturated heterocycles. The lowest BCUT2D eigenvalue weighted by molar-refractivity contribution is 0.751.